The fourth-order valence-corrected chi connectivity index (χ4v) is 7.82. The van der Waals surface area contributed by atoms with E-state index in [-0.39, 0.29) is 11.3 Å². The van der Waals surface area contributed by atoms with Crippen LogP contribution in [0.2, 0.25) is 0 Å². The highest BCUT2D eigenvalue weighted by molar-refractivity contribution is 5.89. The summed E-state index contributed by atoms with van der Waals surface area (Å²) >= 11 is 0. The van der Waals surface area contributed by atoms with Gasteiger partial charge < -0.3 is 5.32 Å². The molecule has 0 unspecified atom stereocenters. The third-order valence-electron chi connectivity index (χ3n) is 8.94. The minimum Gasteiger partial charge on any atom is -0.349 e. The van der Waals surface area contributed by atoms with Gasteiger partial charge in [0.05, 0.1) is 0 Å². The second kappa shape index (κ2) is 5.35. The SMILES string of the molecule is CC(C)[C@H]1CC[C@H]2[C@@H]3[C@@H](C)C[C@H]4NC(=O)C=C[C@]4(C)[C@H]3CC[C@]12C. The number of fused-ring (bicyclic) bond motifs is 5. The lowest BCUT2D eigenvalue weighted by Crippen LogP contribution is -2.61. The van der Waals surface area contributed by atoms with Crippen molar-refractivity contribution in [3.63, 3.8) is 0 Å². The Balaban J connectivity index is 1.70. The van der Waals surface area contributed by atoms with Crippen LogP contribution in [0.25, 0.3) is 0 Å². The van der Waals surface area contributed by atoms with Gasteiger partial charge in [0, 0.05) is 11.5 Å². The molecule has 1 aliphatic heterocycles. The molecule has 1 N–H and O–H groups in total. The molecule has 8 atom stereocenters. The van der Waals surface area contributed by atoms with Gasteiger partial charge in [0.25, 0.3) is 0 Å². The van der Waals surface area contributed by atoms with Gasteiger partial charge in [-0.05, 0) is 79.1 Å². The maximum absolute atomic E-state index is 11.9. The van der Waals surface area contributed by atoms with Crippen molar-refractivity contribution in [1.29, 1.82) is 0 Å². The monoisotopic (exact) mass is 329 g/mol. The van der Waals surface area contributed by atoms with E-state index in [2.05, 4.69) is 46.0 Å². The Morgan fingerprint density at radius 1 is 1.17 bits per heavy atom. The number of amides is 1. The summed E-state index contributed by atoms with van der Waals surface area (Å²) in [4.78, 5) is 11.9. The molecule has 3 saturated carbocycles. The van der Waals surface area contributed by atoms with E-state index in [4.69, 9.17) is 0 Å². The van der Waals surface area contributed by atoms with Crippen LogP contribution in [0.3, 0.4) is 0 Å². The van der Waals surface area contributed by atoms with Crippen LogP contribution in [0, 0.1) is 46.3 Å². The van der Waals surface area contributed by atoms with Gasteiger partial charge in [0.15, 0.2) is 0 Å². The highest BCUT2D eigenvalue weighted by Crippen LogP contribution is 2.67. The van der Waals surface area contributed by atoms with Crippen LogP contribution in [-0.4, -0.2) is 11.9 Å². The summed E-state index contributed by atoms with van der Waals surface area (Å²) in [5.74, 6) is 5.04. The van der Waals surface area contributed by atoms with E-state index in [1.54, 1.807) is 0 Å². The van der Waals surface area contributed by atoms with Crippen molar-refractivity contribution in [2.45, 2.75) is 72.8 Å². The largest absolute Gasteiger partial charge is 0.349 e. The van der Waals surface area contributed by atoms with E-state index in [1.807, 2.05) is 6.08 Å². The van der Waals surface area contributed by atoms with Gasteiger partial charge in [-0.15, -0.1) is 0 Å². The minimum atomic E-state index is 0.115. The van der Waals surface area contributed by atoms with Crippen LogP contribution in [0.15, 0.2) is 12.2 Å². The molecule has 3 fully saturated rings. The number of nitrogens with one attached hydrogen (secondary N) is 1. The predicted molar refractivity (Wildman–Crippen MR) is 98.3 cm³/mol. The second-order valence-electron chi connectivity index (χ2n) is 10.2. The zero-order chi connectivity index (χ0) is 17.3. The molecule has 2 heteroatoms. The van der Waals surface area contributed by atoms with Crippen molar-refractivity contribution in [3.05, 3.63) is 12.2 Å². The lowest BCUT2D eigenvalue weighted by atomic mass is 9.45. The van der Waals surface area contributed by atoms with E-state index in [1.165, 1.54) is 25.7 Å². The summed E-state index contributed by atoms with van der Waals surface area (Å²) < 4.78 is 0. The topological polar surface area (TPSA) is 29.1 Å². The summed E-state index contributed by atoms with van der Waals surface area (Å²) in [6, 6.07) is 0.345. The molecule has 0 aromatic heterocycles. The molecule has 0 aromatic rings. The lowest BCUT2D eigenvalue weighted by molar-refractivity contribution is -0.126. The zero-order valence-electron chi connectivity index (χ0n) is 16.1. The van der Waals surface area contributed by atoms with Gasteiger partial charge in [0.1, 0.15) is 0 Å². The van der Waals surface area contributed by atoms with Gasteiger partial charge >= 0.3 is 0 Å². The molecule has 134 valence electrons. The maximum Gasteiger partial charge on any atom is 0.243 e. The molecular formula is C22H35NO. The Morgan fingerprint density at radius 2 is 1.92 bits per heavy atom. The summed E-state index contributed by atoms with van der Waals surface area (Å²) in [5.41, 5.74) is 0.719. The van der Waals surface area contributed by atoms with Crippen LogP contribution in [0.1, 0.15) is 66.7 Å². The molecule has 3 aliphatic carbocycles. The third kappa shape index (κ3) is 2.10. The molecule has 4 rings (SSSR count). The average Bonchev–Trinajstić information content (AvgIpc) is 2.86. The van der Waals surface area contributed by atoms with Crippen LogP contribution < -0.4 is 5.32 Å². The van der Waals surface area contributed by atoms with Crippen molar-refractivity contribution in [1.82, 2.24) is 5.32 Å². The second-order valence-corrected chi connectivity index (χ2v) is 10.2. The van der Waals surface area contributed by atoms with E-state index in [9.17, 15) is 4.79 Å². The quantitative estimate of drug-likeness (QED) is 0.735. The van der Waals surface area contributed by atoms with Gasteiger partial charge in [-0.25, -0.2) is 0 Å². The zero-order valence-corrected chi connectivity index (χ0v) is 16.1. The Morgan fingerprint density at radius 3 is 2.62 bits per heavy atom. The van der Waals surface area contributed by atoms with Crippen molar-refractivity contribution in [3.8, 4) is 0 Å². The summed E-state index contributed by atoms with van der Waals surface area (Å²) in [5, 5.41) is 3.29. The summed E-state index contributed by atoms with van der Waals surface area (Å²) in [7, 11) is 0. The highest BCUT2D eigenvalue weighted by Gasteiger charge is 2.61. The first-order chi connectivity index (χ1) is 11.3. The van der Waals surface area contributed by atoms with Gasteiger partial charge in [-0.1, -0.05) is 40.7 Å². The molecule has 0 spiro atoms. The summed E-state index contributed by atoms with van der Waals surface area (Å²) in [6.07, 6.45) is 10.8. The molecule has 0 bridgehead atoms. The van der Waals surface area contributed by atoms with Crippen molar-refractivity contribution < 1.29 is 4.79 Å². The Labute approximate surface area is 147 Å². The minimum absolute atomic E-state index is 0.115. The Bertz CT molecular complexity index is 566. The third-order valence-corrected chi connectivity index (χ3v) is 8.94. The molecule has 0 radical (unpaired) electrons. The molecule has 2 nitrogen and oxygen atoms in total. The number of carbonyl (C=O) groups excluding carboxylic acids is 1. The average molecular weight is 330 g/mol. The fraction of sp³-hybridized carbons (Fsp3) is 0.864. The fourth-order valence-electron chi connectivity index (χ4n) is 7.82. The predicted octanol–water partition coefficient (Wildman–Crippen LogP) is 4.80. The van der Waals surface area contributed by atoms with Gasteiger partial charge in [0.2, 0.25) is 5.91 Å². The Hall–Kier alpha value is -0.790. The first-order valence-corrected chi connectivity index (χ1v) is 10.3. The molecule has 0 saturated heterocycles. The van der Waals surface area contributed by atoms with E-state index < -0.39 is 0 Å². The first-order valence-electron chi connectivity index (χ1n) is 10.3. The van der Waals surface area contributed by atoms with E-state index >= 15 is 0 Å². The smallest absolute Gasteiger partial charge is 0.243 e. The highest BCUT2D eigenvalue weighted by atomic mass is 16.1. The molecule has 0 aromatic carbocycles. The number of hydrogen-bond donors (Lipinski definition) is 1. The number of carbonyl (C=O) groups is 1. The number of rotatable bonds is 1. The molecule has 1 amide bonds. The van der Waals surface area contributed by atoms with Crippen LogP contribution in [-0.2, 0) is 4.79 Å². The maximum atomic E-state index is 11.9. The van der Waals surface area contributed by atoms with Crippen LogP contribution >= 0.6 is 0 Å². The van der Waals surface area contributed by atoms with Crippen LogP contribution in [0.4, 0.5) is 0 Å². The summed E-state index contributed by atoms with van der Waals surface area (Å²) in [6.45, 7) is 12.4. The molecule has 4 aliphatic rings. The van der Waals surface area contributed by atoms with Crippen molar-refractivity contribution in [2.24, 2.45) is 46.3 Å². The van der Waals surface area contributed by atoms with Gasteiger partial charge in [-0.3, -0.25) is 4.79 Å². The number of hydrogen-bond acceptors (Lipinski definition) is 1. The Kier molecular flexibility index (Phi) is 3.72. The molecular weight excluding hydrogens is 294 g/mol. The van der Waals surface area contributed by atoms with Crippen molar-refractivity contribution >= 4 is 5.91 Å². The normalized spacial score (nSPS) is 53.3. The molecule has 24 heavy (non-hydrogen) atoms. The van der Waals surface area contributed by atoms with Crippen LogP contribution in [0.5, 0.6) is 0 Å². The standard InChI is InChI=1S/C22H35NO/c1-13(2)15-6-7-16-20-14(3)12-18-22(5,11-9-19(24)23-18)17(20)8-10-21(15,16)4/h9,11,13-18,20H,6-8,10,12H2,1-5H3,(H,23,24)/t14-,15+,16-,17-,18+,20-,21+,22+/m0/s1. The first kappa shape index (κ1) is 16.7. The molecule has 1 heterocycles. The lowest BCUT2D eigenvalue weighted by Gasteiger charge is -2.61. The van der Waals surface area contributed by atoms with E-state index in [0.717, 1.165) is 41.9 Å². The van der Waals surface area contributed by atoms with Crippen molar-refractivity contribution in [2.75, 3.05) is 0 Å². The van der Waals surface area contributed by atoms with E-state index in [0.29, 0.717) is 11.5 Å². The van der Waals surface area contributed by atoms with Gasteiger partial charge in [-0.2, -0.15) is 0 Å².